The van der Waals surface area contributed by atoms with Crippen molar-refractivity contribution in [2.75, 3.05) is 23.9 Å². The second-order valence-corrected chi connectivity index (χ2v) is 6.71. The van der Waals surface area contributed by atoms with Crippen LogP contribution in [-0.4, -0.2) is 28.4 Å². The number of rotatable bonds is 7. The highest BCUT2D eigenvalue weighted by molar-refractivity contribution is 7.84. The van der Waals surface area contributed by atoms with E-state index in [1.54, 1.807) is 6.26 Å². The fourth-order valence-corrected chi connectivity index (χ4v) is 2.08. The molecule has 0 aliphatic heterocycles. The molecule has 0 amide bonds. The van der Waals surface area contributed by atoms with Crippen molar-refractivity contribution in [2.24, 2.45) is 0 Å². The van der Waals surface area contributed by atoms with Crippen LogP contribution in [0.4, 0.5) is 11.4 Å². The number of hydrogen-bond acceptors (Lipinski definition) is 4. The Morgan fingerprint density at radius 2 is 2.05 bits per heavy atom. The van der Waals surface area contributed by atoms with Gasteiger partial charge in [0.05, 0.1) is 17.5 Å². The molecule has 4 nitrogen and oxygen atoms in total. The Kier molecular flexibility index (Phi) is 6.15. The molecule has 1 rings (SSSR count). The Labute approximate surface area is 118 Å². The molecule has 0 aliphatic rings. The Bertz CT molecular complexity index is 435. The van der Waals surface area contributed by atoms with Crippen LogP contribution in [0.2, 0.25) is 0 Å². The lowest BCUT2D eigenvalue weighted by atomic mass is 10.2. The van der Waals surface area contributed by atoms with Gasteiger partial charge in [-0.2, -0.15) is 0 Å². The molecule has 2 unspecified atom stereocenters. The third kappa shape index (κ3) is 5.11. The molecule has 0 radical (unpaired) electrons. The van der Waals surface area contributed by atoms with E-state index in [2.05, 4.69) is 5.32 Å². The van der Waals surface area contributed by atoms with Crippen molar-refractivity contribution < 1.29 is 8.95 Å². The lowest BCUT2D eigenvalue weighted by Gasteiger charge is -2.16. The van der Waals surface area contributed by atoms with Gasteiger partial charge in [0.25, 0.3) is 0 Å². The summed E-state index contributed by atoms with van der Waals surface area (Å²) in [4.78, 5) is 0. The fourth-order valence-electron chi connectivity index (χ4n) is 1.63. The Morgan fingerprint density at radius 1 is 1.37 bits per heavy atom. The van der Waals surface area contributed by atoms with Crippen LogP contribution in [0, 0.1) is 0 Å². The zero-order chi connectivity index (χ0) is 14.4. The molecule has 0 fully saturated rings. The smallest absolute Gasteiger partial charge is 0.144 e. The first-order chi connectivity index (χ1) is 8.91. The summed E-state index contributed by atoms with van der Waals surface area (Å²) < 4.78 is 16.9. The van der Waals surface area contributed by atoms with Crippen molar-refractivity contribution in [3.8, 4) is 5.75 Å². The van der Waals surface area contributed by atoms with Crippen LogP contribution in [0.25, 0.3) is 0 Å². The Balaban J connectivity index is 2.61. The monoisotopic (exact) mass is 284 g/mol. The highest BCUT2D eigenvalue weighted by atomic mass is 32.2. The Morgan fingerprint density at radius 3 is 2.63 bits per heavy atom. The van der Waals surface area contributed by atoms with E-state index in [1.807, 2.05) is 39.0 Å². The predicted molar refractivity (Wildman–Crippen MR) is 83.3 cm³/mol. The number of anilines is 2. The summed E-state index contributed by atoms with van der Waals surface area (Å²) in [6.45, 7) is 6.67. The van der Waals surface area contributed by atoms with Gasteiger partial charge in [0.2, 0.25) is 0 Å². The van der Waals surface area contributed by atoms with Gasteiger partial charge < -0.3 is 15.8 Å². The summed E-state index contributed by atoms with van der Waals surface area (Å²) in [6, 6.07) is 5.71. The summed E-state index contributed by atoms with van der Waals surface area (Å²) in [7, 11) is -0.782. The molecular weight excluding hydrogens is 260 g/mol. The van der Waals surface area contributed by atoms with Gasteiger partial charge in [-0.1, -0.05) is 13.0 Å². The van der Waals surface area contributed by atoms with Crippen molar-refractivity contribution >= 4 is 22.2 Å². The van der Waals surface area contributed by atoms with Crippen LogP contribution >= 0.6 is 0 Å². The van der Waals surface area contributed by atoms with Crippen LogP contribution < -0.4 is 15.8 Å². The first-order valence-corrected chi connectivity index (χ1v) is 8.15. The zero-order valence-electron chi connectivity index (χ0n) is 12.1. The van der Waals surface area contributed by atoms with E-state index in [-0.39, 0.29) is 11.4 Å². The van der Waals surface area contributed by atoms with Crippen molar-refractivity contribution in [3.05, 3.63) is 18.2 Å². The van der Waals surface area contributed by atoms with E-state index in [9.17, 15) is 4.21 Å². The SMILES string of the molecule is CC(C)Oc1cccc(NCCC(C)S(C)=O)c1N. The summed E-state index contributed by atoms with van der Waals surface area (Å²) in [5.41, 5.74) is 7.55. The average molecular weight is 284 g/mol. The number of para-hydroxylation sites is 1. The third-order valence-corrected chi connectivity index (χ3v) is 4.23. The van der Waals surface area contributed by atoms with Gasteiger partial charge in [-0.15, -0.1) is 0 Å². The van der Waals surface area contributed by atoms with Crippen LogP contribution in [0.5, 0.6) is 5.75 Å². The van der Waals surface area contributed by atoms with Crippen LogP contribution in [0.1, 0.15) is 27.2 Å². The van der Waals surface area contributed by atoms with Crippen LogP contribution in [0.15, 0.2) is 18.2 Å². The van der Waals surface area contributed by atoms with Gasteiger partial charge in [-0.05, 0) is 32.4 Å². The number of ether oxygens (including phenoxy) is 1. The van der Waals surface area contributed by atoms with Crippen molar-refractivity contribution in [2.45, 2.75) is 38.5 Å². The molecule has 0 heterocycles. The van der Waals surface area contributed by atoms with Gasteiger partial charge in [-0.3, -0.25) is 4.21 Å². The van der Waals surface area contributed by atoms with E-state index in [0.29, 0.717) is 11.4 Å². The number of nitrogen functional groups attached to an aromatic ring is 1. The van der Waals surface area contributed by atoms with Gasteiger partial charge in [0.15, 0.2) is 0 Å². The molecule has 0 aromatic heterocycles. The van der Waals surface area contributed by atoms with Gasteiger partial charge in [0.1, 0.15) is 5.75 Å². The maximum absolute atomic E-state index is 11.3. The van der Waals surface area contributed by atoms with Gasteiger partial charge >= 0.3 is 0 Å². The summed E-state index contributed by atoms with van der Waals surface area (Å²) >= 11 is 0. The maximum atomic E-state index is 11.3. The molecule has 0 aliphatic carbocycles. The molecule has 0 spiro atoms. The zero-order valence-corrected chi connectivity index (χ0v) is 12.9. The average Bonchev–Trinajstić information content (AvgIpc) is 2.32. The lowest BCUT2D eigenvalue weighted by Crippen LogP contribution is -2.15. The van der Waals surface area contributed by atoms with Crippen LogP contribution in [-0.2, 0) is 10.8 Å². The van der Waals surface area contributed by atoms with Crippen LogP contribution in [0.3, 0.4) is 0 Å². The predicted octanol–water partition coefficient (Wildman–Crippen LogP) is 2.62. The highest BCUT2D eigenvalue weighted by Gasteiger charge is 2.09. The molecule has 108 valence electrons. The normalized spacial score (nSPS) is 14.2. The quantitative estimate of drug-likeness (QED) is 0.755. The largest absolute Gasteiger partial charge is 0.489 e. The Hall–Kier alpha value is -1.23. The third-order valence-electron chi connectivity index (χ3n) is 2.86. The maximum Gasteiger partial charge on any atom is 0.144 e. The van der Waals surface area contributed by atoms with E-state index in [1.165, 1.54) is 0 Å². The minimum Gasteiger partial charge on any atom is -0.489 e. The number of benzene rings is 1. The second kappa shape index (κ2) is 7.38. The van der Waals surface area contributed by atoms with E-state index in [0.717, 1.165) is 18.7 Å². The van der Waals surface area contributed by atoms with E-state index in [4.69, 9.17) is 10.5 Å². The van der Waals surface area contributed by atoms with E-state index >= 15 is 0 Å². The van der Waals surface area contributed by atoms with Crippen molar-refractivity contribution in [3.63, 3.8) is 0 Å². The number of nitrogens with one attached hydrogen (secondary N) is 1. The standard InChI is InChI=1S/C14H24N2O2S/c1-10(2)18-13-7-5-6-12(14(13)15)16-9-8-11(3)19(4)17/h5-7,10-11,16H,8-9,15H2,1-4H3. The molecule has 2 atom stereocenters. The summed E-state index contributed by atoms with van der Waals surface area (Å²) in [5.74, 6) is 0.701. The first-order valence-electron chi connectivity index (χ1n) is 6.53. The molecule has 0 saturated carbocycles. The molecule has 1 aromatic rings. The first kappa shape index (κ1) is 15.8. The topological polar surface area (TPSA) is 64.3 Å². The molecule has 0 saturated heterocycles. The highest BCUT2D eigenvalue weighted by Crippen LogP contribution is 2.30. The molecule has 0 bridgehead atoms. The molecule has 1 aromatic carbocycles. The molecule has 3 N–H and O–H groups in total. The summed E-state index contributed by atoms with van der Waals surface area (Å²) in [5, 5.41) is 3.46. The number of nitrogens with two attached hydrogens (primary N) is 1. The van der Waals surface area contributed by atoms with Gasteiger partial charge in [-0.25, -0.2) is 0 Å². The molecule has 19 heavy (non-hydrogen) atoms. The fraction of sp³-hybridized carbons (Fsp3) is 0.571. The minimum absolute atomic E-state index is 0.0973. The summed E-state index contributed by atoms with van der Waals surface area (Å²) in [6.07, 6.45) is 2.67. The van der Waals surface area contributed by atoms with E-state index < -0.39 is 10.8 Å². The van der Waals surface area contributed by atoms with Crippen molar-refractivity contribution in [1.82, 2.24) is 0 Å². The van der Waals surface area contributed by atoms with Gasteiger partial charge in [0, 0.05) is 28.9 Å². The minimum atomic E-state index is -0.782. The molecule has 5 heteroatoms. The van der Waals surface area contributed by atoms with Crippen molar-refractivity contribution in [1.29, 1.82) is 0 Å². The number of hydrogen-bond donors (Lipinski definition) is 2. The molecular formula is C14H24N2O2S. The second-order valence-electron chi connectivity index (χ2n) is 4.91. The lowest BCUT2D eigenvalue weighted by molar-refractivity contribution is 0.244.